The van der Waals surface area contributed by atoms with Gasteiger partial charge in [0.15, 0.2) is 5.12 Å². The highest BCUT2D eigenvalue weighted by atomic mass is 32.1. The summed E-state index contributed by atoms with van der Waals surface area (Å²) >= 11 is 3.76. The van der Waals surface area contributed by atoms with E-state index in [0.29, 0.717) is 13.1 Å². The van der Waals surface area contributed by atoms with Gasteiger partial charge in [0.25, 0.3) is 0 Å². The van der Waals surface area contributed by atoms with Crippen molar-refractivity contribution in [2.24, 2.45) is 17.4 Å². The third-order valence-electron chi connectivity index (χ3n) is 1.62. The summed E-state index contributed by atoms with van der Waals surface area (Å²) in [5.41, 5.74) is 10.6. The smallest absolute Gasteiger partial charge is 0.189 e. The molecule has 0 heterocycles. The molecular formula is C7H16N2OS. The lowest BCUT2D eigenvalue weighted by Crippen LogP contribution is -2.15. The zero-order valence-corrected chi connectivity index (χ0v) is 7.52. The molecule has 0 amide bonds. The molecule has 0 saturated carbocycles. The Morgan fingerprint density at radius 2 is 1.91 bits per heavy atom. The molecule has 0 aliphatic carbocycles. The Balaban J connectivity index is 3.60. The van der Waals surface area contributed by atoms with Crippen LogP contribution >= 0.6 is 12.6 Å². The Morgan fingerprint density at radius 3 is 2.27 bits per heavy atom. The van der Waals surface area contributed by atoms with Crippen molar-refractivity contribution in [3.63, 3.8) is 0 Å². The molecule has 0 radical (unpaired) electrons. The SMILES string of the molecule is NCCCC(CCN)C(=O)S. The van der Waals surface area contributed by atoms with Crippen LogP contribution in [-0.4, -0.2) is 18.2 Å². The number of carbonyl (C=O) groups is 1. The van der Waals surface area contributed by atoms with Gasteiger partial charge in [-0.3, -0.25) is 4.79 Å². The third kappa shape index (κ3) is 5.24. The Hall–Kier alpha value is -0.0600. The second-order valence-corrected chi connectivity index (χ2v) is 2.98. The van der Waals surface area contributed by atoms with Crippen molar-refractivity contribution in [2.45, 2.75) is 19.3 Å². The molecule has 11 heavy (non-hydrogen) atoms. The molecule has 0 spiro atoms. The van der Waals surface area contributed by atoms with E-state index >= 15 is 0 Å². The molecule has 0 aliphatic heterocycles. The van der Waals surface area contributed by atoms with Gasteiger partial charge in [-0.05, 0) is 32.4 Å². The highest BCUT2D eigenvalue weighted by Gasteiger charge is 2.12. The molecule has 1 unspecified atom stereocenters. The fourth-order valence-corrected chi connectivity index (χ4v) is 1.21. The average Bonchev–Trinajstić information content (AvgIpc) is 1.97. The first kappa shape index (κ1) is 10.9. The molecule has 0 saturated heterocycles. The Bertz CT molecular complexity index is 119. The molecule has 0 fully saturated rings. The molecule has 4 heteroatoms. The molecule has 0 rings (SSSR count). The summed E-state index contributed by atoms with van der Waals surface area (Å²) in [6.07, 6.45) is 2.41. The van der Waals surface area contributed by atoms with E-state index in [2.05, 4.69) is 12.6 Å². The minimum absolute atomic E-state index is 0.00637. The van der Waals surface area contributed by atoms with Crippen molar-refractivity contribution in [3.05, 3.63) is 0 Å². The van der Waals surface area contributed by atoms with Gasteiger partial charge in [0, 0.05) is 5.92 Å². The van der Waals surface area contributed by atoms with Crippen molar-refractivity contribution in [1.29, 1.82) is 0 Å². The van der Waals surface area contributed by atoms with Gasteiger partial charge in [-0.25, -0.2) is 0 Å². The molecule has 1 atom stereocenters. The van der Waals surface area contributed by atoms with Gasteiger partial charge in [0.1, 0.15) is 0 Å². The van der Waals surface area contributed by atoms with Crippen LogP contribution in [0.2, 0.25) is 0 Å². The van der Waals surface area contributed by atoms with Crippen LogP contribution in [-0.2, 0) is 4.79 Å². The fraction of sp³-hybridized carbons (Fsp3) is 0.857. The molecule has 3 nitrogen and oxygen atoms in total. The maximum atomic E-state index is 10.8. The monoisotopic (exact) mass is 176 g/mol. The maximum absolute atomic E-state index is 10.8. The molecule has 0 aromatic rings. The first-order chi connectivity index (χ1) is 5.22. The topological polar surface area (TPSA) is 69.1 Å². The summed E-state index contributed by atoms with van der Waals surface area (Å²) < 4.78 is 0. The van der Waals surface area contributed by atoms with Crippen LogP contribution in [0.1, 0.15) is 19.3 Å². The molecular weight excluding hydrogens is 160 g/mol. The number of nitrogens with two attached hydrogens (primary N) is 2. The highest BCUT2D eigenvalue weighted by Crippen LogP contribution is 2.12. The van der Waals surface area contributed by atoms with Crippen molar-refractivity contribution in [1.82, 2.24) is 0 Å². The number of hydrogen-bond acceptors (Lipinski definition) is 3. The van der Waals surface area contributed by atoms with E-state index in [1.165, 1.54) is 0 Å². The number of thiol groups is 1. The fourth-order valence-electron chi connectivity index (χ4n) is 0.957. The van der Waals surface area contributed by atoms with E-state index in [-0.39, 0.29) is 11.0 Å². The average molecular weight is 176 g/mol. The van der Waals surface area contributed by atoms with Gasteiger partial charge >= 0.3 is 0 Å². The molecule has 0 aromatic heterocycles. The molecule has 0 aromatic carbocycles. The van der Waals surface area contributed by atoms with E-state index in [4.69, 9.17) is 11.5 Å². The number of hydrogen-bond donors (Lipinski definition) is 3. The minimum atomic E-state index is -0.0658. The lowest BCUT2D eigenvalue weighted by Gasteiger charge is -2.09. The van der Waals surface area contributed by atoms with Gasteiger partial charge in [0.2, 0.25) is 0 Å². The molecule has 4 N–H and O–H groups in total. The van der Waals surface area contributed by atoms with Crippen molar-refractivity contribution in [2.75, 3.05) is 13.1 Å². The zero-order chi connectivity index (χ0) is 8.69. The van der Waals surface area contributed by atoms with Crippen LogP contribution in [0.15, 0.2) is 0 Å². The van der Waals surface area contributed by atoms with Crippen LogP contribution in [0, 0.1) is 5.92 Å². The van der Waals surface area contributed by atoms with Crippen molar-refractivity contribution >= 4 is 17.7 Å². The van der Waals surface area contributed by atoms with E-state index in [9.17, 15) is 4.79 Å². The summed E-state index contributed by atoms with van der Waals surface area (Å²) in [5, 5.41) is -0.0658. The van der Waals surface area contributed by atoms with Gasteiger partial charge in [-0.1, -0.05) is 0 Å². The minimum Gasteiger partial charge on any atom is -0.330 e. The van der Waals surface area contributed by atoms with E-state index in [1.54, 1.807) is 0 Å². The van der Waals surface area contributed by atoms with E-state index in [0.717, 1.165) is 19.3 Å². The van der Waals surface area contributed by atoms with E-state index < -0.39 is 0 Å². The lowest BCUT2D eigenvalue weighted by atomic mass is 10.0. The standard InChI is InChI=1S/C7H16N2OS/c8-4-1-2-6(3-5-9)7(10)11/h6H,1-5,8-9H2,(H,10,11). The van der Waals surface area contributed by atoms with Crippen molar-refractivity contribution < 1.29 is 4.79 Å². The predicted octanol–water partition coefficient (Wildman–Crippen LogP) is 0.147. The van der Waals surface area contributed by atoms with Gasteiger partial charge in [0.05, 0.1) is 0 Å². The van der Waals surface area contributed by atoms with Crippen LogP contribution < -0.4 is 11.5 Å². The molecule has 66 valence electrons. The first-order valence-electron chi connectivity index (χ1n) is 3.85. The molecule has 0 aliphatic rings. The Morgan fingerprint density at radius 1 is 1.27 bits per heavy atom. The van der Waals surface area contributed by atoms with Gasteiger partial charge in [-0.15, -0.1) is 12.6 Å². The highest BCUT2D eigenvalue weighted by molar-refractivity contribution is 7.96. The largest absolute Gasteiger partial charge is 0.330 e. The Kier molecular flexibility index (Phi) is 6.60. The second-order valence-electron chi connectivity index (χ2n) is 2.54. The third-order valence-corrected chi connectivity index (χ3v) is 1.99. The summed E-state index contributed by atoms with van der Waals surface area (Å²) in [4.78, 5) is 10.8. The van der Waals surface area contributed by atoms with Crippen molar-refractivity contribution in [3.8, 4) is 0 Å². The second kappa shape index (κ2) is 6.64. The van der Waals surface area contributed by atoms with Gasteiger partial charge < -0.3 is 11.5 Å². The first-order valence-corrected chi connectivity index (χ1v) is 4.30. The zero-order valence-electron chi connectivity index (χ0n) is 6.62. The predicted molar refractivity (Wildman–Crippen MR) is 49.4 cm³/mol. The van der Waals surface area contributed by atoms with Crippen LogP contribution in [0.5, 0.6) is 0 Å². The summed E-state index contributed by atoms with van der Waals surface area (Å²) in [7, 11) is 0. The van der Waals surface area contributed by atoms with Crippen LogP contribution in [0.4, 0.5) is 0 Å². The summed E-state index contributed by atoms with van der Waals surface area (Å²) in [6.45, 7) is 1.17. The summed E-state index contributed by atoms with van der Waals surface area (Å²) in [6, 6.07) is 0. The number of rotatable bonds is 6. The molecule has 0 bridgehead atoms. The maximum Gasteiger partial charge on any atom is 0.189 e. The quantitative estimate of drug-likeness (QED) is 0.504. The van der Waals surface area contributed by atoms with Gasteiger partial charge in [-0.2, -0.15) is 0 Å². The number of carbonyl (C=O) groups excluding carboxylic acids is 1. The van der Waals surface area contributed by atoms with Crippen LogP contribution in [0.3, 0.4) is 0 Å². The Labute approximate surface area is 72.9 Å². The van der Waals surface area contributed by atoms with Crippen LogP contribution in [0.25, 0.3) is 0 Å². The van der Waals surface area contributed by atoms with E-state index in [1.807, 2.05) is 0 Å². The normalized spacial score (nSPS) is 13.0. The lowest BCUT2D eigenvalue weighted by molar-refractivity contribution is -0.114. The summed E-state index contributed by atoms with van der Waals surface area (Å²) in [5.74, 6) is 0.00637.